The van der Waals surface area contributed by atoms with Crippen LogP contribution in [0.5, 0.6) is 0 Å². The average Bonchev–Trinajstić information content (AvgIpc) is 3.35. The van der Waals surface area contributed by atoms with E-state index in [1.807, 2.05) is 24.3 Å². The molecule has 0 saturated heterocycles. The quantitative estimate of drug-likeness (QED) is 0.422. The number of nitrogens with zero attached hydrogens (tertiary/aromatic N) is 1. The van der Waals surface area contributed by atoms with Crippen LogP contribution in [0, 0.1) is 5.82 Å². The lowest BCUT2D eigenvalue weighted by atomic mass is 10.0. The van der Waals surface area contributed by atoms with Gasteiger partial charge in [-0.25, -0.2) is 14.2 Å². The van der Waals surface area contributed by atoms with Crippen molar-refractivity contribution in [3.8, 4) is 10.6 Å². The Kier molecular flexibility index (Phi) is 5.58. The average molecular weight is 423 g/mol. The highest BCUT2D eigenvalue weighted by molar-refractivity contribution is 7.13. The van der Waals surface area contributed by atoms with Crippen LogP contribution in [0.4, 0.5) is 4.39 Å². The van der Waals surface area contributed by atoms with Crippen molar-refractivity contribution in [3.05, 3.63) is 77.2 Å². The zero-order chi connectivity index (χ0) is 21.1. The van der Waals surface area contributed by atoms with Crippen LogP contribution in [0.3, 0.4) is 0 Å². The number of fused-ring (bicyclic) bond motifs is 1. The van der Waals surface area contributed by atoms with Crippen molar-refractivity contribution in [2.45, 2.75) is 18.9 Å². The number of aromatic nitrogens is 2. The van der Waals surface area contributed by atoms with Gasteiger partial charge in [0.2, 0.25) is 5.91 Å². The molecule has 6 nitrogen and oxygen atoms in total. The first kappa shape index (κ1) is 19.8. The summed E-state index contributed by atoms with van der Waals surface area (Å²) in [5, 5.41) is 15.2. The van der Waals surface area contributed by atoms with E-state index >= 15 is 0 Å². The Balaban J connectivity index is 1.44. The van der Waals surface area contributed by atoms with Gasteiger partial charge in [0.25, 0.3) is 0 Å². The molecule has 1 atom stereocenters. The maximum Gasteiger partial charge on any atom is 0.326 e. The van der Waals surface area contributed by atoms with Gasteiger partial charge in [-0.1, -0.05) is 30.3 Å². The summed E-state index contributed by atoms with van der Waals surface area (Å²) in [6.45, 7) is 0. The van der Waals surface area contributed by atoms with Gasteiger partial charge in [-0.05, 0) is 23.8 Å². The van der Waals surface area contributed by atoms with E-state index in [4.69, 9.17) is 0 Å². The van der Waals surface area contributed by atoms with Crippen LogP contribution in [0.25, 0.3) is 21.5 Å². The highest BCUT2D eigenvalue weighted by atomic mass is 32.1. The number of para-hydroxylation sites is 1. The number of aliphatic carboxylic acids is 1. The number of amides is 1. The molecule has 152 valence electrons. The molecule has 0 bridgehead atoms. The number of carbonyl (C=O) groups excluding carboxylic acids is 1. The van der Waals surface area contributed by atoms with Crippen molar-refractivity contribution in [1.29, 1.82) is 0 Å². The first-order chi connectivity index (χ1) is 14.5. The van der Waals surface area contributed by atoms with Gasteiger partial charge >= 0.3 is 5.97 Å². The summed E-state index contributed by atoms with van der Waals surface area (Å²) in [5.74, 6) is -1.95. The van der Waals surface area contributed by atoms with E-state index in [0.717, 1.165) is 16.5 Å². The number of carboxylic acid groups (broad SMARTS) is 1. The number of carboxylic acids is 1. The fraction of sp³-hybridized carbons (Fsp3) is 0.136. The van der Waals surface area contributed by atoms with Gasteiger partial charge in [-0.15, -0.1) is 11.3 Å². The lowest BCUT2D eigenvalue weighted by molar-refractivity contribution is -0.141. The van der Waals surface area contributed by atoms with Crippen molar-refractivity contribution in [2.75, 3.05) is 0 Å². The lowest BCUT2D eigenvalue weighted by Crippen LogP contribution is -2.43. The molecule has 0 fully saturated rings. The summed E-state index contributed by atoms with van der Waals surface area (Å²) in [4.78, 5) is 31.6. The molecule has 4 rings (SSSR count). The number of nitrogens with one attached hydrogen (secondary N) is 2. The molecule has 2 aromatic carbocycles. The summed E-state index contributed by atoms with van der Waals surface area (Å²) in [6.07, 6.45) is 1.83. The Morgan fingerprint density at radius 3 is 2.73 bits per heavy atom. The Labute approximate surface area is 175 Å². The third kappa shape index (κ3) is 4.23. The highest BCUT2D eigenvalue weighted by Crippen LogP contribution is 2.26. The third-order valence-corrected chi connectivity index (χ3v) is 5.65. The number of benzene rings is 2. The molecule has 30 heavy (non-hydrogen) atoms. The molecule has 0 radical (unpaired) electrons. The Morgan fingerprint density at radius 1 is 1.17 bits per heavy atom. The molecule has 0 aliphatic carbocycles. The molecule has 8 heteroatoms. The van der Waals surface area contributed by atoms with E-state index in [0.29, 0.717) is 16.3 Å². The monoisotopic (exact) mass is 423 g/mol. The van der Waals surface area contributed by atoms with E-state index in [2.05, 4.69) is 15.3 Å². The number of thiazole rings is 1. The van der Waals surface area contributed by atoms with Gasteiger partial charge in [-0.3, -0.25) is 4.79 Å². The zero-order valence-electron chi connectivity index (χ0n) is 15.8. The summed E-state index contributed by atoms with van der Waals surface area (Å²) in [6, 6.07) is 12.8. The molecular formula is C22H18FN3O3S. The lowest BCUT2D eigenvalue weighted by Gasteiger charge is -2.14. The van der Waals surface area contributed by atoms with Crippen LogP contribution < -0.4 is 5.32 Å². The van der Waals surface area contributed by atoms with E-state index in [9.17, 15) is 19.1 Å². The minimum absolute atomic E-state index is 0.0807. The molecule has 0 aliphatic rings. The number of halogens is 1. The van der Waals surface area contributed by atoms with Gasteiger partial charge in [0.1, 0.15) is 16.9 Å². The number of aromatic amines is 1. The number of rotatable bonds is 7. The number of hydrogen-bond donors (Lipinski definition) is 3. The molecule has 4 aromatic rings. The first-order valence-corrected chi connectivity index (χ1v) is 10.2. The molecule has 3 N–H and O–H groups in total. The molecule has 1 amide bonds. The van der Waals surface area contributed by atoms with Crippen molar-refractivity contribution in [3.63, 3.8) is 0 Å². The molecule has 0 unspecified atom stereocenters. The van der Waals surface area contributed by atoms with Crippen LogP contribution in [0.1, 0.15) is 11.3 Å². The third-order valence-electron chi connectivity index (χ3n) is 4.73. The topological polar surface area (TPSA) is 95.1 Å². The fourth-order valence-electron chi connectivity index (χ4n) is 3.28. The number of hydrogen-bond acceptors (Lipinski definition) is 4. The normalized spacial score (nSPS) is 12.0. The molecule has 0 aliphatic heterocycles. The Morgan fingerprint density at radius 2 is 1.93 bits per heavy atom. The predicted molar refractivity (Wildman–Crippen MR) is 113 cm³/mol. The van der Waals surface area contributed by atoms with Crippen molar-refractivity contribution in [1.82, 2.24) is 15.3 Å². The highest BCUT2D eigenvalue weighted by Gasteiger charge is 2.22. The molecule has 0 spiro atoms. The van der Waals surface area contributed by atoms with Crippen LogP contribution >= 0.6 is 11.3 Å². The summed E-state index contributed by atoms with van der Waals surface area (Å²) in [7, 11) is 0. The predicted octanol–water partition coefficient (Wildman–Crippen LogP) is 3.79. The maximum atomic E-state index is 13.9. The molecule has 2 aromatic heterocycles. The van der Waals surface area contributed by atoms with Crippen LogP contribution in [0.2, 0.25) is 0 Å². The van der Waals surface area contributed by atoms with Crippen molar-refractivity contribution < 1.29 is 19.1 Å². The van der Waals surface area contributed by atoms with Crippen molar-refractivity contribution in [2.24, 2.45) is 0 Å². The standard InChI is InChI=1S/C22H18FN3O3S/c23-17-7-3-1-6-16(17)21-25-14(12-30-21)10-20(27)26-19(22(28)29)9-13-11-24-18-8-4-2-5-15(13)18/h1-8,11-12,19,24H,9-10H2,(H,26,27)(H,28,29)/t19-/m1/s1. The first-order valence-electron chi connectivity index (χ1n) is 9.27. The fourth-order valence-corrected chi connectivity index (χ4v) is 4.12. The largest absolute Gasteiger partial charge is 0.480 e. The Bertz CT molecular complexity index is 1220. The number of carbonyl (C=O) groups is 2. The second kappa shape index (κ2) is 8.46. The smallest absolute Gasteiger partial charge is 0.326 e. The molecular weight excluding hydrogens is 405 g/mol. The summed E-state index contributed by atoms with van der Waals surface area (Å²) >= 11 is 1.24. The van der Waals surface area contributed by atoms with Crippen LogP contribution in [-0.4, -0.2) is 33.0 Å². The van der Waals surface area contributed by atoms with Gasteiger partial charge < -0.3 is 15.4 Å². The van der Waals surface area contributed by atoms with Gasteiger partial charge in [0, 0.05) is 34.5 Å². The van der Waals surface area contributed by atoms with E-state index in [-0.39, 0.29) is 18.7 Å². The maximum absolute atomic E-state index is 13.9. The minimum Gasteiger partial charge on any atom is -0.480 e. The minimum atomic E-state index is -1.11. The summed E-state index contributed by atoms with van der Waals surface area (Å²) < 4.78 is 13.9. The van der Waals surface area contributed by atoms with E-state index in [1.54, 1.807) is 29.8 Å². The number of H-pyrrole nitrogens is 1. The van der Waals surface area contributed by atoms with E-state index in [1.165, 1.54) is 17.4 Å². The molecule has 2 heterocycles. The Hall–Kier alpha value is -3.52. The zero-order valence-corrected chi connectivity index (χ0v) is 16.6. The summed E-state index contributed by atoms with van der Waals surface area (Å²) in [5.41, 5.74) is 2.56. The van der Waals surface area contributed by atoms with E-state index < -0.39 is 17.9 Å². The second-order valence-corrected chi connectivity index (χ2v) is 7.68. The van der Waals surface area contributed by atoms with Crippen molar-refractivity contribution >= 4 is 34.1 Å². The second-order valence-electron chi connectivity index (χ2n) is 6.82. The van der Waals surface area contributed by atoms with Gasteiger partial charge in [-0.2, -0.15) is 0 Å². The van der Waals surface area contributed by atoms with Crippen LogP contribution in [-0.2, 0) is 22.4 Å². The van der Waals surface area contributed by atoms with Gasteiger partial charge in [0.15, 0.2) is 0 Å². The van der Waals surface area contributed by atoms with Gasteiger partial charge in [0.05, 0.1) is 12.1 Å². The molecule has 0 saturated carbocycles. The SMILES string of the molecule is O=C(Cc1csc(-c2ccccc2F)n1)N[C@H](Cc1c[nH]c2ccccc12)C(=O)O. The van der Waals surface area contributed by atoms with Crippen LogP contribution in [0.15, 0.2) is 60.1 Å².